The Balaban J connectivity index is 1.87. The summed E-state index contributed by atoms with van der Waals surface area (Å²) < 4.78 is 0. The van der Waals surface area contributed by atoms with Crippen molar-refractivity contribution in [1.29, 1.82) is 0 Å². The zero-order valence-corrected chi connectivity index (χ0v) is 13.4. The topological polar surface area (TPSA) is 76.0 Å². The standard InChI is InChI=1S/C19H20O5/c1-2-6-15-9-11-17(12-10-15)18(20)19(21,22)14-24-23-13-16-7-4-3-5-8-16/h2-12,21-22H,13-14H2,1H3/b6-2+. The molecule has 0 aromatic heterocycles. The van der Waals surface area contributed by atoms with E-state index < -0.39 is 18.2 Å². The van der Waals surface area contributed by atoms with Gasteiger partial charge in [0.15, 0.2) is 0 Å². The second-order valence-electron chi connectivity index (χ2n) is 5.28. The van der Waals surface area contributed by atoms with Crippen LogP contribution in [0.5, 0.6) is 0 Å². The zero-order valence-electron chi connectivity index (χ0n) is 13.4. The Bertz CT molecular complexity index is 675. The fourth-order valence-corrected chi connectivity index (χ4v) is 2.04. The predicted molar refractivity (Wildman–Crippen MR) is 89.8 cm³/mol. The van der Waals surface area contributed by atoms with Gasteiger partial charge in [0.25, 0.3) is 5.79 Å². The molecule has 0 bridgehead atoms. The Labute approximate surface area is 140 Å². The third-order valence-electron chi connectivity index (χ3n) is 3.31. The van der Waals surface area contributed by atoms with Crippen molar-refractivity contribution in [3.05, 3.63) is 77.4 Å². The molecule has 126 valence electrons. The van der Waals surface area contributed by atoms with Crippen molar-refractivity contribution in [2.24, 2.45) is 0 Å². The fraction of sp³-hybridized carbons (Fsp3) is 0.211. The van der Waals surface area contributed by atoms with Crippen LogP contribution in [0.15, 0.2) is 60.7 Å². The fourth-order valence-electron chi connectivity index (χ4n) is 2.04. The molecule has 2 N–H and O–H groups in total. The second-order valence-corrected chi connectivity index (χ2v) is 5.28. The minimum Gasteiger partial charge on any atom is -0.358 e. The Morgan fingerprint density at radius 1 is 1.04 bits per heavy atom. The van der Waals surface area contributed by atoms with Crippen LogP contribution in [-0.4, -0.2) is 28.4 Å². The minimum absolute atomic E-state index is 0.142. The van der Waals surface area contributed by atoms with E-state index in [-0.39, 0.29) is 12.2 Å². The third-order valence-corrected chi connectivity index (χ3v) is 3.31. The van der Waals surface area contributed by atoms with Crippen LogP contribution in [0.4, 0.5) is 0 Å². The lowest BCUT2D eigenvalue weighted by Gasteiger charge is -2.19. The van der Waals surface area contributed by atoms with Crippen molar-refractivity contribution >= 4 is 11.9 Å². The summed E-state index contributed by atoms with van der Waals surface area (Å²) in [5, 5.41) is 19.8. The van der Waals surface area contributed by atoms with Gasteiger partial charge < -0.3 is 10.2 Å². The van der Waals surface area contributed by atoms with Crippen molar-refractivity contribution in [2.45, 2.75) is 19.3 Å². The smallest absolute Gasteiger partial charge is 0.256 e. The number of rotatable bonds is 8. The van der Waals surface area contributed by atoms with E-state index in [0.29, 0.717) is 0 Å². The van der Waals surface area contributed by atoms with E-state index in [9.17, 15) is 15.0 Å². The molecule has 5 heteroatoms. The van der Waals surface area contributed by atoms with Crippen LogP contribution in [0.25, 0.3) is 6.08 Å². The van der Waals surface area contributed by atoms with Crippen LogP contribution in [-0.2, 0) is 16.4 Å². The van der Waals surface area contributed by atoms with Crippen molar-refractivity contribution in [2.75, 3.05) is 6.61 Å². The first kappa shape index (κ1) is 18.0. The molecule has 0 radical (unpaired) electrons. The summed E-state index contributed by atoms with van der Waals surface area (Å²) in [6.07, 6.45) is 3.75. The van der Waals surface area contributed by atoms with Gasteiger partial charge in [-0.2, -0.15) is 0 Å². The summed E-state index contributed by atoms with van der Waals surface area (Å²) in [5.41, 5.74) is 1.96. The van der Waals surface area contributed by atoms with Crippen LogP contribution in [0, 0.1) is 0 Å². The summed E-state index contributed by atoms with van der Waals surface area (Å²) in [5.74, 6) is -3.50. The number of ketones is 1. The number of hydrogen-bond acceptors (Lipinski definition) is 5. The summed E-state index contributed by atoms with van der Waals surface area (Å²) in [4.78, 5) is 21.8. The lowest BCUT2D eigenvalue weighted by atomic mass is 10.0. The van der Waals surface area contributed by atoms with Gasteiger partial charge >= 0.3 is 0 Å². The van der Waals surface area contributed by atoms with Crippen molar-refractivity contribution < 1.29 is 24.8 Å². The summed E-state index contributed by atoms with van der Waals surface area (Å²) >= 11 is 0. The Kier molecular flexibility index (Phi) is 6.40. The molecule has 0 saturated heterocycles. The van der Waals surface area contributed by atoms with E-state index >= 15 is 0 Å². The average Bonchev–Trinajstić information content (AvgIpc) is 2.60. The second kappa shape index (κ2) is 8.52. The molecule has 0 amide bonds. The molecular weight excluding hydrogens is 308 g/mol. The van der Waals surface area contributed by atoms with E-state index in [4.69, 9.17) is 9.78 Å². The number of aliphatic hydroxyl groups is 2. The lowest BCUT2D eigenvalue weighted by Crippen LogP contribution is -2.43. The number of allylic oxidation sites excluding steroid dienone is 1. The summed E-state index contributed by atoms with van der Waals surface area (Å²) in [7, 11) is 0. The van der Waals surface area contributed by atoms with Crippen LogP contribution in [0.3, 0.4) is 0 Å². The van der Waals surface area contributed by atoms with Gasteiger partial charge in [0.1, 0.15) is 13.2 Å². The van der Waals surface area contributed by atoms with E-state index in [1.807, 2.05) is 49.4 Å². The molecule has 2 aromatic carbocycles. The number of Topliss-reactive ketones (excluding diaryl/α,β-unsaturated/α-hetero) is 1. The van der Waals surface area contributed by atoms with Crippen molar-refractivity contribution in [3.63, 3.8) is 0 Å². The molecule has 0 aliphatic carbocycles. The highest BCUT2D eigenvalue weighted by molar-refractivity contribution is 6.01. The maximum absolute atomic E-state index is 12.1. The largest absolute Gasteiger partial charge is 0.358 e. The molecule has 2 rings (SSSR count). The van der Waals surface area contributed by atoms with Crippen molar-refractivity contribution in [3.8, 4) is 0 Å². The molecule has 0 aliphatic rings. The van der Waals surface area contributed by atoms with E-state index in [2.05, 4.69) is 0 Å². The number of carbonyl (C=O) groups excluding carboxylic acids is 1. The van der Waals surface area contributed by atoms with Gasteiger partial charge in [-0.3, -0.25) is 4.79 Å². The minimum atomic E-state index is -2.65. The Hall–Kier alpha value is -2.31. The number of hydrogen-bond donors (Lipinski definition) is 2. The molecule has 2 aromatic rings. The molecule has 0 saturated carbocycles. The molecule has 5 nitrogen and oxygen atoms in total. The average molecular weight is 328 g/mol. The highest BCUT2D eigenvalue weighted by atomic mass is 17.2. The first-order chi connectivity index (χ1) is 11.5. The van der Waals surface area contributed by atoms with E-state index in [1.165, 1.54) is 12.1 Å². The van der Waals surface area contributed by atoms with Crippen LogP contribution in [0.1, 0.15) is 28.4 Å². The molecule has 0 spiro atoms. The van der Waals surface area contributed by atoms with Gasteiger partial charge in [-0.05, 0) is 18.1 Å². The molecular formula is C19H20O5. The quantitative estimate of drug-likeness (QED) is 0.256. The lowest BCUT2D eigenvalue weighted by molar-refractivity contribution is -0.339. The molecule has 0 fully saturated rings. The molecule has 0 atom stereocenters. The van der Waals surface area contributed by atoms with Crippen LogP contribution >= 0.6 is 0 Å². The molecule has 0 heterocycles. The Morgan fingerprint density at radius 2 is 1.71 bits per heavy atom. The zero-order chi connectivity index (χ0) is 17.4. The molecule has 0 unspecified atom stereocenters. The van der Waals surface area contributed by atoms with Gasteiger partial charge in [-0.15, -0.1) is 0 Å². The normalized spacial score (nSPS) is 11.8. The van der Waals surface area contributed by atoms with Gasteiger partial charge in [0.2, 0.25) is 5.78 Å². The number of benzene rings is 2. The van der Waals surface area contributed by atoms with Crippen molar-refractivity contribution in [1.82, 2.24) is 0 Å². The van der Waals surface area contributed by atoms with Gasteiger partial charge in [0.05, 0.1) is 0 Å². The molecule has 24 heavy (non-hydrogen) atoms. The first-order valence-electron chi connectivity index (χ1n) is 7.53. The van der Waals surface area contributed by atoms with E-state index in [1.54, 1.807) is 12.1 Å². The summed E-state index contributed by atoms with van der Waals surface area (Å²) in [6.45, 7) is 1.34. The van der Waals surface area contributed by atoms with Gasteiger partial charge in [-0.1, -0.05) is 66.7 Å². The maximum Gasteiger partial charge on any atom is 0.256 e. The van der Waals surface area contributed by atoms with Crippen LogP contribution in [0.2, 0.25) is 0 Å². The number of carbonyl (C=O) groups is 1. The van der Waals surface area contributed by atoms with Gasteiger partial charge in [0, 0.05) is 5.56 Å². The summed E-state index contributed by atoms with van der Waals surface area (Å²) in [6, 6.07) is 15.7. The predicted octanol–water partition coefficient (Wildman–Crippen LogP) is 2.73. The van der Waals surface area contributed by atoms with Gasteiger partial charge in [-0.25, -0.2) is 9.78 Å². The van der Waals surface area contributed by atoms with E-state index in [0.717, 1.165) is 11.1 Å². The SMILES string of the molecule is C/C=C/c1ccc(C(=O)C(O)(O)COOCc2ccccc2)cc1. The monoisotopic (exact) mass is 328 g/mol. The highest BCUT2D eigenvalue weighted by Gasteiger charge is 2.35. The van der Waals surface area contributed by atoms with Crippen LogP contribution < -0.4 is 0 Å². The third kappa shape index (κ3) is 5.11. The molecule has 0 aliphatic heterocycles. The first-order valence-corrected chi connectivity index (χ1v) is 7.53. The highest BCUT2D eigenvalue weighted by Crippen LogP contribution is 2.14. The maximum atomic E-state index is 12.1. The Morgan fingerprint density at radius 3 is 2.33 bits per heavy atom.